The Labute approximate surface area is 227 Å². The molecule has 4 atom stereocenters. The molecule has 0 bridgehead atoms. The van der Waals surface area contributed by atoms with Crippen LogP contribution in [0.5, 0.6) is 0 Å². The first-order valence-corrected chi connectivity index (χ1v) is 15.2. The van der Waals surface area contributed by atoms with E-state index in [1.165, 1.54) is 63.4 Å². The van der Waals surface area contributed by atoms with Gasteiger partial charge in [0, 0.05) is 19.0 Å². The predicted molar refractivity (Wildman–Crippen MR) is 154 cm³/mol. The van der Waals surface area contributed by atoms with Crippen LogP contribution in [0.2, 0.25) is 0 Å². The van der Waals surface area contributed by atoms with Crippen molar-refractivity contribution >= 4 is 11.8 Å². The van der Waals surface area contributed by atoms with Crippen LogP contribution in [-0.2, 0) is 15.0 Å². The standard InChI is InChI=1S/C33H54N2O2/c1-6-7-14-25(2)33(29-18-9-8-10-19-29)20-12-17-28(23-27-15-11-16-27)26(3)30(36)35(22-13-21-33)24-32(4,5)31(34)37/h8-10,18-19,25-28H,6-7,11-17,20-24H2,1-5H3,(H2,34,37)/t25?,26?,28?,33-/m0/s1. The van der Waals surface area contributed by atoms with Gasteiger partial charge in [-0.3, -0.25) is 9.59 Å². The Morgan fingerprint density at radius 1 is 1.11 bits per heavy atom. The average molecular weight is 511 g/mol. The topological polar surface area (TPSA) is 63.4 Å². The second kappa shape index (κ2) is 13.3. The maximum atomic E-state index is 14.0. The molecule has 0 radical (unpaired) electrons. The number of amides is 2. The highest BCUT2D eigenvalue weighted by Gasteiger charge is 2.40. The van der Waals surface area contributed by atoms with E-state index in [0.717, 1.165) is 25.2 Å². The molecule has 208 valence electrons. The maximum Gasteiger partial charge on any atom is 0.225 e. The van der Waals surface area contributed by atoms with Crippen LogP contribution < -0.4 is 5.73 Å². The van der Waals surface area contributed by atoms with Crippen LogP contribution in [-0.4, -0.2) is 29.8 Å². The lowest BCUT2D eigenvalue weighted by Gasteiger charge is -2.41. The molecule has 1 heterocycles. The van der Waals surface area contributed by atoms with E-state index in [4.69, 9.17) is 5.73 Å². The molecule has 1 aliphatic carbocycles. The first-order chi connectivity index (χ1) is 17.6. The van der Waals surface area contributed by atoms with Crippen LogP contribution in [0, 0.1) is 29.1 Å². The summed E-state index contributed by atoms with van der Waals surface area (Å²) in [6.45, 7) is 11.8. The predicted octanol–water partition coefficient (Wildman–Crippen LogP) is 7.50. The number of hydrogen-bond donors (Lipinski definition) is 1. The summed E-state index contributed by atoms with van der Waals surface area (Å²) in [5.74, 6) is 1.66. The molecule has 3 unspecified atom stereocenters. The van der Waals surface area contributed by atoms with Gasteiger partial charge < -0.3 is 10.6 Å². The molecule has 1 aromatic carbocycles. The maximum absolute atomic E-state index is 14.0. The number of carbonyl (C=O) groups excluding carboxylic acids is 2. The lowest BCUT2D eigenvalue weighted by molar-refractivity contribution is -0.140. The molecule has 1 aliphatic heterocycles. The van der Waals surface area contributed by atoms with Crippen molar-refractivity contribution in [2.24, 2.45) is 34.8 Å². The lowest BCUT2D eigenvalue weighted by Crippen LogP contribution is -2.48. The Balaban J connectivity index is 1.96. The fraction of sp³-hybridized carbons (Fsp3) is 0.758. The van der Waals surface area contributed by atoms with Crippen LogP contribution in [0.15, 0.2) is 30.3 Å². The minimum absolute atomic E-state index is 0.00832. The molecule has 3 rings (SSSR count). The summed E-state index contributed by atoms with van der Waals surface area (Å²) >= 11 is 0. The van der Waals surface area contributed by atoms with Crippen LogP contribution >= 0.6 is 0 Å². The minimum atomic E-state index is -0.732. The molecular weight excluding hydrogens is 456 g/mol. The molecule has 4 nitrogen and oxygen atoms in total. The molecular formula is C33H54N2O2. The second-order valence-corrected chi connectivity index (χ2v) is 13.2. The van der Waals surface area contributed by atoms with E-state index < -0.39 is 5.41 Å². The van der Waals surface area contributed by atoms with Gasteiger partial charge in [-0.05, 0) is 81.1 Å². The number of primary amides is 1. The van der Waals surface area contributed by atoms with Crippen LogP contribution in [0.3, 0.4) is 0 Å². The Kier molecular flexibility index (Phi) is 10.7. The van der Waals surface area contributed by atoms with Crippen LogP contribution in [0.4, 0.5) is 0 Å². The molecule has 0 spiro atoms. The third kappa shape index (κ3) is 7.39. The zero-order valence-electron chi connectivity index (χ0n) is 24.4. The van der Waals surface area contributed by atoms with E-state index in [1.807, 2.05) is 18.7 Å². The molecule has 1 saturated heterocycles. The van der Waals surface area contributed by atoms with Crippen LogP contribution in [0.1, 0.15) is 117 Å². The quantitative estimate of drug-likeness (QED) is 0.354. The number of nitrogens with two attached hydrogens (primary N) is 1. The lowest BCUT2D eigenvalue weighted by atomic mass is 9.63. The van der Waals surface area contributed by atoms with Crippen molar-refractivity contribution in [3.05, 3.63) is 35.9 Å². The third-order valence-corrected chi connectivity index (χ3v) is 10.1. The van der Waals surface area contributed by atoms with Crippen LogP contribution in [0.25, 0.3) is 0 Å². The summed E-state index contributed by atoms with van der Waals surface area (Å²) < 4.78 is 0. The summed E-state index contributed by atoms with van der Waals surface area (Å²) in [5, 5.41) is 0. The van der Waals surface area contributed by atoms with Gasteiger partial charge in [0.15, 0.2) is 0 Å². The van der Waals surface area contributed by atoms with Gasteiger partial charge in [-0.2, -0.15) is 0 Å². The number of rotatable bonds is 10. The highest BCUT2D eigenvalue weighted by atomic mass is 16.2. The third-order valence-electron chi connectivity index (χ3n) is 10.1. The first kappa shape index (κ1) is 29.7. The van der Waals surface area contributed by atoms with Gasteiger partial charge in [0.25, 0.3) is 0 Å². The van der Waals surface area contributed by atoms with E-state index in [2.05, 4.69) is 51.1 Å². The van der Waals surface area contributed by atoms with Gasteiger partial charge in [-0.25, -0.2) is 0 Å². The van der Waals surface area contributed by atoms with Crippen molar-refractivity contribution in [2.75, 3.05) is 13.1 Å². The zero-order valence-corrected chi connectivity index (χ0v) is 24.4. The van der Waals surface area contributed by atoms with E-state index in [9.17, 15) is 9.59 Å². The molecule has 2 fully saturated rings. The van der Waals surface area contributed by atoms with E-state index >= 15 is 0 Å². The number of unbranched alkanes of at least 4 members (excludes halogenated alkanes) is 1. The van der Waals surface area contributed by atoms with Crippen molar-refractivity contribution in [1.29, 1.82) is 0 Å². The first-order valence-electron chi connectivity index (χ1n) is 15.2. The molecule has 2 N–H and O–H groups in total. The fourth-order valence-corrected chi connectivity index (χ4v) is 7.05. The highest BCUT2D eigenvalue weighted by molar-refractivity contribution is 5.83. The summed E-state index contributed by atoms with van der Waals surface area (Å²) in [4.78, 5) is 28.2. The van der Waals surface area contributed by atoms with Crippen molar-refractivity contribution in [3.63, 3.8) is 0 Å². The smallest absolute Gasteiger partial charge is 0.225 e. The van der Waals surface area contributed by atoms with E-state index in [1.54, 1.807) is 0 Å². The Morgan fingerprint density at radius 3 is 2.38 bits per heavy atom. The molecule has 2 aliphatic rings. The minimum Gasteiger partial charge on any atom is -0.369 e. The Bertz CT molecular complexity index is 862. The van der Waals surface area contributed by atoms with Gasteiger partial charge in [0.05, 0.1) is 5.41 Å². The molecule has 37 heavy (non-hydrogen) atoms. The van der Waals surface area contributed by atoms with Crippen molar-refractivity contribution in [1.82, 2.24) is 4.90 Å². The van der Waals surface area contributed by atoms with Gasteiger partial charge in [0.1, 0.15) is 0 Å². The number of benzene rings is 1. The number of hydrogen-bond acceptors (Lipinski definition) is 2. The highest BCUT2D eigenvalue weighted by Crippen LogP contribution is 2.46. The Morgan fingerprint density at radius 2 is 1.78 bits per heavy atom. The molecule has 1 aromatic rings. The number of carbonyl (C=O) groups is 2. The molecule has 1 saturated carbocycles. The van der Waals surface area contributed by atoms with Crippen molar-refractivity contribution in [2.45, 2.75) is 117 Å². The van der Waals surface area contributed by atoms with E-state index in [0.29, 0.717) is 24.9 Å². The van der Waals surface area contributed by atoms with Crippen molar-refractivity contribution < 1.29 is 9.59 Å². The number of nitrogens with zero attached hydrogens (tertiary/aromatic N) is 1. The SMILES string of the molecule is CCCCC(C)[C@]1(c2ccccc2)CCCC(CC2CCC2)C(C)C(=O)N(CC(C)(C)C(N)=O)CCC1. The second-order valence-electron chi connectivity index (χ2n) is 13.2. The van der Waals surface area contributed by atoms with Gasteiger partial charge in [-0.1, -0.05) is 89.6 Å². The zero-order chi connectivity index (χ0) is 27.1. The van der Waals surface area contributed by atoms with Gasteiger partial charge in [-0.15, -0.1) is 0 Å². The molecule has 0 aromatic heterocycles. The van der Waals surface area contributed by atoms with E-state index in [-0.39, 0.29) is 23.1 Å². The van der Waals surface area contributed by atoms with Gasteiger partial charge >= 0.3 is 0 Å². The normalized spacial score (nSPS) is 27.3. The van der Waals surface area contributed by atoms with Gasteiger partial charge in [0.2, 0.25) is 11.8 Å². The summed E-state index contributed by atoms with van der Waals surface area (Å²) in [6, 6.07) is 11.2. The summed E-state index contributed by atoms with van der Waals surface area (Å²) in [6.07, 6.45) is 14.4. The summed E-state index contributed by atoms with van der Waals surface area (Å²) in [5.41, 5.74) is 6.63. The largest absolute Gasteiger partial charge is 0.369 e. The monoisotopic (exact) mass is 510 g/mol. The van der Waals surface area contributed by atoms with Crippen molar-refractivity contribution in [3.8, 4) is 0 Å². The molecule has 2 amide bonds. The average Bonchev–Trinajstić information content (AvgIpc) is 2.87. The summed E-state index contributed by atoms with van der Waals surface area (Å²) in [7, 11) is 0. The molecule has 4 heteroatoms. The fourth-order valence-electron chi connectivity index (χ4n) is 7.05. The Hall–Kier alpha value is -1.84.